The molecule has 0 spiro atoms. The lowest BCUT2D eigenvalue weighted by atomic mass is 9.76. The van der Waals surface area contributed by atoms with Crippen molar-refractivity contribution in [3.8, 4) is 0 Å². The molecule has 0 saturated heterocycles. The zero-order valence-corrected chi connectivity index (χ0v) is 21.9. The highest BCUT2D eigenvalue weighted by molar-refractivity contribution is 6.35. The Morgan fingerprint density at radius 2 is 1.61 bits per heavy atom. The van der Waals surface area contributed by atoms with Gasteiger partial charge in [0.2, 0.25) is 17.2 Å². The van der Waals surface area contributed by atoms with E-state index < -0.39 is 35.0 Å². The van der Waals surface area contributed by atoms with E-state index in [2.05, 4.69) is 5.32 Å². The second-order valence-electron chi connectivity index (χ2n) is 8.64. The highest BCUT2D eigenvalue weighted by atomic mass is 35.5. The minimum Gasteiger partial charge on any atom is -0.466 e. The molecule has 3 N–H and O–H groups in total. The summed E-state index contributed by atoms with van der Waals surface area (Å²) in [7, 11) is 1.21. The van der Waals surface area contributed by atoms with Crippen LogP contribution in [0.5, 0.6) is 0 Å². The van der Waals surface area contributed by atoms with Crippen LogP contribution in [-0.4, -0.2) is 56.0 Å². The number of fused-ring (bicyclic) bond motifs is 1. The number of carbonyl (C=O) groups is 4. The SMILES string of the molecule is CCOC(=O)C1=C(C2(OCCN)C(=O)c3ccccc3C2=O)NC(C)=C(C(=O)OC)[C@@H]1c1ccccc1Cl. The van der Waals surface area contributed by atoms with Crippen molar-refractivity contribution < 1.29 is 33.4 Å². The maximum absolute atomic E-state index is 14.0. The number of hydrogen-bond acceptors (Lipinski definition) is 9. The number of ketones is 2. The molecule has 198 valence electrons. The van der Waals surface area contributed by atoms with Gasteiger partial charge in [0.15, 0.2) is 0 Å². The van der Waals surface area contributed by atoms with Gasteiger partial charge >= 0.3 is 11.9 Å². The van der Waals surface area contributed by atoms with Crippen molar-refractivity contribution in [2.24, 2.45) is 5.73 Å². The summed E-state index contributed by atoms with van der Waals surface area (Å²) in [6, 6.07) is 12.9. The summed E-state index contributed by atoms with van der Waals surface area (Å²) in [5, 5.41) is 3.23. The molecular formula is C28H27ClN2O7. The standard InChI is InChI=1S/C28H27ClN2O7/c1-4-37-27(35)22-21(18-11-7-8-12-19(18)29)20(26(34)36-3)15(2)31-23(22)28(38-14-13-30)24(32)16-9-5-6-10-17(16)25(28)33/h5-12,21,31H,4,13-14,30H2,1-3H3/t21-/m0/s1. The van der Waals surface area contributed by atoms with Crippen LogP contribution in [-0.2, 0) is 23.8 Å². The van der Waals surface area contributed by atoms with Crippen LogP contribution in [0, 0.1) is 0 Å². The predicted octanol–water partition coefficient (Wildman–Crippen LogP) is 3.08. The number of benzene rings is 2. The Kier molecular flexibility index (Phi) is 7.82. The van der Waals surface area contributed by atoms with Crippen LogP contribution in [0.2, 0.25) is 5.02 Å². The third-order valence-corrected chi connectivity index (χ3v) is 6.87. The van der Waals surface area contributed by atoms with Gasteiger partial charge in [-0.05, 0) is 25.5 Å². The van der Waals surface area contributed by atoms with Gasteiger partial charge in [-0.15, -0.1) is 0 Å². The van der Waals surface area contributed by atoms with Crippen molar-refractivity contribution in [3.05, 3.63) is 92.8 Å². The number of halogens is 1. The van der Waals surface area contributed by atoms with Crippen molar-refractivity contribution in [2.75, 3.05) is 26.9 Å². The number of hydrogen-bond donors (Lipinski definition) is 2. The monoisotopic (exact) mass is 538 g/mol. The molecule has 2 aromatic rings. The molecule has 0 fully saturated rings. The van der Waals surface area contributed by atoms with Crippen molar-refractivity contribution in [3.63, 3.8) is 0 Å². The van der Waals surface area contributed by atoms with Crippen molar-refractivity contribution in [1.29, 1.82) is 0 Å². The molecule has 38 heavy (non-hydrogen) atoms. The van der Waals surface area contributed by atoms with Gasteiger partial charge in [0.1, 0.15) is 0 Å². The van der Waals surface area contributed by atoms with Crippen LogP contribution >= 0.6 is 11.6 Å². The van der Waals surface area contributed by atoms with E-state index in [1.54, 1.807) is 50.2 Å². The van der Waals surface area contributed by atoms with Crippen LogP contribution in [0.4, 0.5) is 0 Å². The summed E-state index contributed by atoms with van der Waals surface area (Å²) in [6.45, 7) is 3.00. The van der Waals surface area contributed by atoms with E-state index in [1.165, 1.54) is 19.2 Å². The number of nitrogens with two attached hydrogens (primary N) is 1. The smallest absolute Gasteiger partial charge is 0.336 e. The lowest BCUT2D eigenvalue weighted by Gasteiger charge is -2.38. The second-order valence-corrected chi connectivity index (χ2v) is 9.05. The first-order valence-electron chi connectivity index (χ1n) is 12.0. The van der Waals surface area contributed by atoms with Gasteiger partial charge in [0, 0.05) is 28.4 Å². The van der Waals surface area contributed by atoms with Gasteiger partial charge < -0.3 is 25.3 Å². The van der Waals surface area contributed by atoms with Crippen molar-refractivity contribution >= 4 is 35.1 Å². The highest BCUT2D eigenvalue weighted by Gasteiger charge is 2.60. The molecule has 2 aliphatic rings. The number of esters is 2. The van der Waals surface area contributed by atoms with E-state index in [0.29, 0.717) is 5.56 Å². The average Bonchev–Trinajstić information content (AvgIpc) is 3.13. The Morgan fingerprint density at radius 1 is 1.00 bits per heavy atom. The lowest BCUT2D eigenvalue weighted by Crippen LogP contribution is -2.53. The normalized spacial score (nSPS) is 18.3. The number of carbonyl (C=O) groups excluding carboxylic acids is 4. The molecule has 10 heteroatoms. The fourth-order valence-corrected chi connectivity index (χ4v) is 5.18. The third kappa shape index (κ3) is 4.22. The average molecular weight is 539 g/mol. The summed E-state index contributed by atoms with van der Waals surface area (Å²) >= 11 is 6.57. The van der Waals surface area contributed by atoms with Gasteiger partial charge in [-0.3, -0.25) is 9.59 Å². The Hall–Kier alpha value is -3.79. The molecule has 0 saturated carbocycles. The van der Waals surface area contributed by atoms with Crippen LogP contribution in [0.25, 0.3) is 0 Å². The number of dihydropyridines is 1. The Balaban J connectivity index is 2.11. The number of allylic oxidation sites excluding steroid dienone is 1. The first-order valence-corrected chi connectivity index (χ1v) is 12.4. The van der Waals surface area contributed by atoms with Gasteiger partial charge in [-0.2, -0.15) is 0 Å². The fraction of sp³-hybridized carbons (Fsp3) is 0.286. The minimum atomic E-state index is -2.27. The fourth-order valence-electron chi connectivity index (χ4n) is 4.94. The molecule has 0 unspecified atom stereocenters. The molecule has 1 atom stereocenters. The first-order chi connectivity index (χ1) is 18.2. The van der Waals surface area contributed by atoms with Crippen molar-refractivity contribution in [2.45, 2.75) is 25.4 Å². The van der Waals surface area contributed by atoms with Gasteiger partial charge in [-0.1, -0.05) is 54.1 Å². The largest absolute Gasteiger partial charge is 0.466 e. The first kappa shape index (κ1) is 27.3. The van der Waals surface area contributed by atoms with Gasteiger partial charge in [-0.25, -0.2) is 9.59 Å². The van der Waals surface area contributed by atoms with E-state index >= 15 is 0 Å². The zero-order chi connectivity index (χ0) is 27.6. The molecule has 1 heterocycles. The third-order valence-electron chi connectivity index (χ3n) is 6.52. The summed E-state index contributed by atoms with van der Waals surface area (Å²) in [6.07, 6.45) is 0. The molecule has 0 amide bonds. The molecule has 4 rings (SSSR count). The summed E-state index contributed by atoms with van der Waals surface area (Å²) in [5.41, 5.74) is 4.10. The number of methoxy groups -OCH3 is 1. The quantitative estimate of drug-likeness (QED) is 0.384. The molecule has 1 aliphatic carbocycles. The van der Waals surface area contributed by atoms with Crippen LogP contribution < -0.4 is 11.1 Å². The highest BCUT2D eigenvalue weighted by Crippen LogP contribution is 2.47. The summed E-state index contributed by atoms with van der Waals surface area (Å²) in [4.78, 5) is 54.8. The van der Waals surface area contributed by atoms with Crippen LogP contribution in [0.1, 0.15) is 46.0 Å². The Morgan fingerprint density at radius 3 is 2.16 bits per heavy atom. The number of rotatable bonds is 8. The van der Waals surface area contributed by atoms with E-state index in [9.17, 15) is 19.2 Å². The van der Waals surface area contributed by atoms with E-state index in [4.69, 9.17) is 31.5 Å². The van der Waals surface area contributed by atoms with E-state index in [-0.39, 0.29) is 58.4 Å². The topological polar surface area (TPSA) is 134 Å². The van der Waals surface area contributed by atoms with E-state index in [0.717, 1.165) is 0 Å². The molecule has 9 nitrogen and oxygen atoms in total. The molecule has 2 aromatic carbocycles. The van der Waals surface area contributed by atoms with Crippen molar-refractivity contribution in [1.82, 2.24) is 5.32 Å². The Labute approximate surface area is 224 Å². The molecule has 1 aliphatic heterocycles. The number of Topliss-reactive ketones (excluding diaryl/α,β-unsaturated/α-hetero) is 2. The molecule has 0 bridgehead atoms. The van der Waals surface area contributed by atoms with Gasteiger partial charge in [0.25, 0.3) is 0 Å². The maximum atomic E-state index is 14.0. The van der Waals surface area contributed by atoms with Crippen LogP contribution in [0.3, 0.4) is 0 Å². The number of ether oxygens (including phenoxy) is 3. The summed E-state index contributed by atoms with van der Waals surface area (Å²) in [5.74, 6) is -4.06. The number of nitrogens with one attached hydrogen (secondary N) is 1. The lowest BCUT2D eigenvalue weighted by molar-refractivity contribution is -0.139. The summed E-state index contributed by atoms with van der Waals surface area (Å²) < 4.78 is 16.5. The van der Waals surface area contributed by atoms with E-state index in [1.807, 2.05) is 0 Å². The molecule has 0 radical (unpaired) electrons. The van der Waals surface area contributed by atoms with Gasteiger partial charge in [0.05, 0.1) is 43.1 Å². The second kappa shape index (κ2) is 10.9. The van der Waals surface area contributed by atoms with Crippen LogP contribution in [0.15, 0.2) is 71.1 Å². The zero-order valence-electron chi connectivity index (χ0n) is 21.1. The molecular weight excluding hydrogens is 512 g/mol. The minimum absolute atomic E-state index is 0.00313. The maximum Gasteiger partial charge on any atom is 0.336 e. The Bertz CT molecular complexity index is 1360. The predicted molar refractivity (Wildman–Crippen MR) is 139 cm³/mol. The molecule has 0 aromatic heterocycles.